The van der Waals surface area contributed by atoms with Crippen molar-refractivity contribution in [2.45, 2.75) is 18.5 Å². The highest BCUT2D eigenvalue weighted by Gasteiger charge is 2.33. The van der Waals surface area contributed by atoms with E-state index in [1.54, 1.807) is 7.11 Å². The van der Waals surface area contributed by atoms with Gasteiger partial charge in [-0.25, -0.2) is 0 Å². The zero-order chi connectivity index (χ0) is 13.9. The minimum atomic E-state index is 0.166. The molecule has 3 rings (SSSR count). The third-order valence-corrected chi connectivity index (χ3v) is 4.15. The van der Waals surface area contributed by atoms with Crippen LogP contribution in [0.2, 0.25) is 0 Å². The average molecular weight is 271 g/mol. The van der Waals surface area contributed by atoms with E-state index in [-0.39, 0.29) is 12.1 Å². The topological polar surface area (TPSA) is 51.4 Å². The maximum atomic E-state index is 6.35. The van der Waals surface area contributed by atoms with Crippen LogP contribution in [0.4, 0.5) is 0 Å². The van der Waals surface area contributed by atoms with E-state index >= 15 is 0 Å². The van der Waals surface area contributed by atoms with E-state index < -0.39 is 0 Å². The third-order valence-electron chi connectivity index (χ3n) is 4.15. The van der Waals surface area contributed by atoms with Gasteiger partial charge in [-0.05, 0) is 17.4 Å². The normalized spacial score (nSPS) is 23.5. The van der Waals surface area contributed by atoms with Crippen LogP contribution in [-0.2, 0) is 4.74 Å². The van der Waals surface area contributed by atoms with Gasteiger partial charge in [0.25, 0.3) is 0 Å². The van der Waals surface area contributed by atoms with Gasteiger partial charge in [-0.3, -0.25) is 9.88 Å². The standard InChI is InChI=1S/C16H21N3O/c1-20-9-8-19-7-6-15(17)16(19)14-11-18-10-12-4-2-3-5-13(12)14/h2-5,10-11,15-16H,6-9,17H2,1H3. The van der Waals surface area contributed by atoms with Gasteiger partial charge in [-0.1, -0.05) is 24.3 Å². The fourth-order valence-corrected chi connectivity index (χ4v) is 3.14. The second kappa shape index (κ2) is 5.87. The first kappa shape index (κ1) is 13.5. The Hall–Kier alpha value is -1.49. The number of nitrogens with zero attached hydrogens (tertiary/aromatic N) is 2. The summed E-state index contributed by atoms with van der Waals surface area (Å²) in [5, 5.41) is 2.43. The van der Waals surface area contributed by atoms with Gasteiger partial charge in [0, 0.05) is 44.0 Å². The Morgan fingerprint density at radius 2 is 2.20 bits per heavy atom. The van der Waals surface area contributed by atoms with Crippen molar-refractivity contribution in [1.29, 1.82) is 0 Å². The number of rotatable bonds is 4. The molecule has 1 saturated heterocycles. The Morgan fingerprint density at radius 1 is 1.35 bits per heavy atom. The van der Waals surface area contributed by atoms with Crippen molar-refractivity contribution >= 4 is 10.8 Å². The smallest absolute Gasteiger partial charge is 0.0589 e. The zero-order valence-electron chi connectivity index (χ0n) is 11.8. The van der Waals surface area contributed by atoms with Gasteiger partial charge < -0.3 is 10.5 Å². The largest absolute Gasteiger partial charge is 0.383 e. The summed E-state index contributed by atoms with van der Waals surface area (Å²) in [4.78, 5) is 6.81. The lowest BCUT2D eigenvalue weighted by atomic mass is 9.97. The molecular formula is C16H21N3O. The van der Waals surface area contributed by atoms with E-state index in [4.69, 9.17) is 10.5 Å². The van der Waals surface area contributed by atoms with Gasteiger partial charge in [0.2, 0.25) is 0 Å². The van der Waals surface area contributed by atoms with Gasteiger partial charge in [-0.15, -0.1) is 0 Å². The number of nitrogens with two attached hydrogens (primary N) is 1. The van der Waals surface area contributed by atoms with Crippen LogP contribution in [0, 0.1) is 0 Å². The number of hydrogen-bond acceptors (Lipinski definition) is 4. The number of aromatic nitrogens is 1. The van der Waals surface area contributed by atoms with E-state index in [1.165, 1.54) is 16.3 Å². The molecule has 20 heavy (non-hydrogen) atoms. The van der Waals surface area contributed by atoms with Crippen molar-refractivity contribution in [2.75, 3.05) is 26.8 Å². The van der Waals surface area contributed by atoms with Crippen molar-refractivity contribution < 1.29 is 4.74 Å². The predicted octanol–water partition coefficient (Wildman–Crippen LogP) is 1.96. The molecule has 0 saturated carbocycles. The van der Waals surface area contributed by atoms with Crippen LogP contribution in [0.5, 0.6) is 0 Å². The Labute approximate surface area is 119 Å². The lowest BCUT2D eigenvalue weighted by molar-refractivity contribution is 0.139. The van der Waals surface area contributed by atoms with E-state index in [1.807, 2.05) is 18.5 Å². The molecule has 2 aromatic rings. The summed E-state index contributed by atoms with van der Waals surface area (Å²) < 4.78 is 5.21. The molecule has 0 amide bonds. The monoisotopic (exact) mass is 271 g/mol. The number of pyridine rings is 1. The Morgan fingerprint density at radius 3 is 3.05 bits per heavy atom. The number of benzene rings is 1. The molecular weight excluding hydrogens is 250 g/mol. The Balaban J connectivity index is 1.99. The molecule has 1 fully saturated rings. The van der Waals surface area contributed by atoms with Crippen LogP contribution in [0.3, 0.4) is 0 Å². The predicted molar refractivity (Wildman–Crippen MR) is 80.5 cm³/mol. The van der Waals surface area contributed by atoms with Crippen LogP contribution < -0.4 is 5.73 Å². The fourth-order valence-electron chi connectivity index (χ4n) is 3.14. The summed E-state index contributed by atoms with van der Waals surface area (Å²) in [6, 6.07) is 8.79. The molecule has 2 unspecified atom stereocenters. The molecule has 0 radical (unpaired) electrons. The van der Waals surface area contributed by atoms with E-state index in [9.17, 15) is 0 Å². The third kappa shape index (κ3) is 2.42. The van der Waals surface area contributed by atoms with Gasteiger partial charge in [0.1, 0.15) is 0 Å². The maximum Gasteiger partial charge on any atom is 0.0589 e. The van der Waals surface area contributed by atoms with Crippen molar-refractivity contribution in [3.8, 4) is 0 Å². The number of ether oxygens (including phenoxy) is 1. The second-order valence-corrected chi connectivity index (χ2v) is 5.38. The molecule has 2 heterocycles. The molecule has 4 heteroatoms. The van der Waals surface area contributed by atoms with E-state index in [2.05, 4.69) is 28.1 Å². The summed E-state index contributed by atoms with van der Waals surface area (Å²) in [5.41, 5.74) is 7.59. The van der Waals surface area contributed by atoms with Gasteiger partial charge >= 0.3 is 0 Å². The van der Waals surface area contributed by atoms with Crippen LogP contribution in [0.25, 0.3) is 10.8 Å². The molecule has 0 aliphatic carbocycles. The Bertz CT molecular complexity index is 581. The summed E-state index contributed by atoms with van der Waals surface area (Å²) in [5.74, 6) is 0. The lowest BCUT2D eigenvalue weighted by Gasteiger charge is -2.27. The minimum absolute atomic E-state index is 0.166. The highest BCUT2D eigenvalue weighted by molar-refractivity contribution is 5.85. The zero-order valence-corrected chi connectivity index (χ0v) is 11.8. The fraction of sp³-hybridized carbons (Fsp3) is 0.438. The molecule has 1 aromatic heterocycles. The molecule has 1 aliphatic rings. The van der Waals surface area contributed by atoms with Crippen molar-refractivity contribution in [1.82, 2.24) is 9.88 Å². The van der Waals surface area contributed by atoms with Gasteiger partial charge in [-0.2, -0.15) is 0 Å². The molecule has 106 valence electrons. The summed E-state index contributed by atoms with van der Waals surface area (Å²) in [6.45, 7) is 2.68. The first-order valence-corrected chi connectivity index (χ1v) is 7.12. The van der Waals surface area contributed by atoms with Crippen LogP contribution in [0.1, 0.15) is 18.0 Å². The van der Waals surface area contributed by atoms with E-state index in [0.29, 0.717) is 0 Å². The SMILES string of the molecule is COCCN1CCC(N)C1c1cncc2ccccc12. The van der Waals surface area contributed by atoms with Gasteiger partial charge in [0.15, 0.2) is 0 Å². The van der Waals surface area contributed by atoms with Crippen molar-refractivity contribution in [3.63, 3.8) is 0 Å². The number of likely N-dealkylation sites (tertiary alicyclic amines) is 1. The first-order valence-electron chi connectivity index (χ1n) is 7.12. The van der Waals surface area contributed by atoms with Crippen LogP contribution in [0.15, 0.2) is 36.7 Å². The van der Waals surface area contributed by atoms with Crippen LogP contribution in [-0.4, -0.2) is 42.7 Å². The van der Waals surface area contributed by atoms with Gasteiger partial charge in [0.05, 0.1) is 12.6 Å². The van der Waals surface area contributed by atoms with Crippen molar-refractivity contribution in [3.05, 3.63) is 42.2 Å². The minimum Gasteiger partial charge on any atom is -0.383 e. The number of fused-ring (bicyclic) bond motifs is 1. The molecule has 0 bridgehead atoms. The molecule has 2 N–H and O–H groups in total. The quantitative estimate of drug-likeness (QED) is 0.923. The molecule has 1 aliphatic heterocycles. The maximum absolute atomic E-state index is 6.35. The summed E-state index contributed by atoms with van der Waals surface area (Å²) >= 11 is 0. The molecule has 4 nitrogen and oxygen atoms in total. The number of methoxy groups -OCH3 is 1. The summed E-state index contributed by atoms with van der Waals surface area (Å²) in [6.07, 6.45) is 4.91. The second-order valence-electron chi connectivity index (χ2n) is 5.38. The lowest BCUT2D eigenvalue weighted by Crippen LogP contribution is -2.34. The summed E-state index contributed by atoms with van der Waals surface area (Å²) in [7, 11) is 1.74. The highest BCUT2D eigenvalue weighted by Crippen LogP contribution is 2.34. The van der Waals surface area contributed by atoms with E-state index in [0.717, 1.165) is 26.1 Å². The number of hydrogen-bond donors (Lipinski definition) is 1. The van der Waals surface area contributed by atoms with Crippen LogP contribution >= 0.6 is 0 Å². The first-order chi connectivity index (χ1) is 9.81. The highest BCUT2D eigenvalue weighted by atomic mass is 16.5. The molecule has 1 aromatic carbocycles. The molecule has 2 atom stereocenters. The molecule has 0 spiro atoms. The average Bonchev–Trinajstić information content (AvgIpc) is 2.85. The van der Waals surface area contributed by atoms with Crippen molar-refractivity contribution in [2.24, 2.45) is 5.73 Å². The Kier molecular flexibility index (Phi) is 3.96.